The first-order chi connectivity index (χ1) is 22.1. The summed E-state index contributed by atoms with van der Waals surface area (Å²) >= 11 is 0. The molecule has 0 unspecified atom stereocenters. The second kappa shape index (κ2) is 14.1. The Morgan fingerprint density at radius 2 is 1.69 bits per heavy atom. The molecule has 1 aliphatic heterocycles. The van der Waals surface area contributed by atoms with Gasteiger partial charge in [0.25, 0.3) is 0 Å². The molecule has 0 radical (unpaired) electrons. The van der Waals surface area contributed by atoms with E-state index in [-0.39, 0.29) is 18.1 Å². The minimum atomic E-state index is -0.938. The number of nitrogens with one attached hydrogen (secondary N) is 4. The van der Waals surface area contributed by atoms with E-state index >= 15 is 0 Å². The highest BCUT2D eigenvalue weighted by molar-refractivity contribution is 5.98. The maximum Gasteiger partial charge on any atom is 0.407 e. The molecular formula is C35H36N6O4. The number of para-hydroxylation sites is 1. The number of nitrogens with zero attached hydrogens (tertiary/aromatic N) is 2. The molecule has 2 aromatic heterocycles. The molecule has 230 valence electrons. The molecule has 0 spiro atoms. The number of alkyl carbamates (subject to hydrolysis) is 1. The maximum atomic E-state index is 14.0. The second-order valence-corrected chi connectivity index (χ2v) is 11.0. The van der Waals surface area contributed by atoms with Crippen LogP contribution in [0.25, 0.3) is 11.0 Å². The van der Waals surface area contributed by atoms with Crippen LogP contribution in [0.2, 0.25) is 0 Å². The van der Waals surface area contributed by atoms with Gasteiger partial charge in [0, 0.05) is 24.3 Å². The van der Waals surface area contributed by atoms with Crippen LogP contribution in [0.3, 0.4) is 0 Å². The molecule has 0 bridgehead atoms. The van der Waals surface area contributed by atoms with Crippen molar-refractivity contribution in [3.8, 4) is 0 Å². The fraction of sp³-hybridized carbons (Fsp3) is 0.257. The predicted octanol–water partition coefficient (Wildman–Crippen LogP) is 5.12. The normalized spacial score (nSPS) is 17.1. The Hall–Kier alpha value is -5.06. The monoisotopic (exact) mass is 604 g/mol. The largest absolute Gasteiger partial charge is 0.453 e. The van der Waals surface area contributed by atoms with Gasteiger partial charge in [-0.1, -0.05) is 78.9 Å². The Morgan fingerprint density at radius 3 is 2.36 bits per heavy atom. The number of methoxy groups -OCH3 is 1. The fourth-order valence-corrected chi connectivity index (χ4v) is 5.80. The molecule has 0 aliphatic carbocycles. The average molecular weight is 605 g/mol. The van der Waals surface area contributed by atoms with E-state index < -0.39 is 18.1 Å². The SMILES string of the molecule is COC(=O)N[C@H](C(=O)Nc1ccccc1CC[C@@H]1CN[C@H](c2nc3ccncc3[nH]2)CO1)C(c1ccccc1)c1ccccc1. The van der Waals surface area contributed by atoms with E-state index in [1.807, 2.05) is 91.0 Å². The summed E-state index contributed by atoms with van der Waals surface area (Å²) in [4.78, 5) is 38.7. The summed E-state index contributed by atoms with van der Waals surface area (Å²) in [6.45, 7) is 1.17. The van der Waals surface area contributed by atoms with Crippen molar-refractivity contribution in [2.45, 2.75) is 36.9 Å². The molecule has 1 aliphatic rings. The summed E-state index contributed by atoms with van der Waals surface area (Å²) in [5.41, 5.74) is 5.25. The number of pyridine rings is 1. The van der Waals surface area contributed by atoms with Crippen molar-refractivity contribution in [3.05, 3.63) is 126 Å². The summed E-state index contributed by atoms with van der Waals surface area (Å²) in [5.74, 6) is 0.0466. The molecule has 0 saturated carbocycles. The first-order valence-corrected chi connectivity index (χ1v) is 15.1. The predicted molar refractivity (Wildman–Crippen MR) is 172 cm³/mol. The lowest BCUT2D eigenvalue weighted by atomic mass is 9.84. The zero-order valence-electron chi connectivity index (χ0n) is 25.0. The van der Waals surface area contributed by atoms with Crippen LogP contribution in [-0.2, 0) is 20.7 Å². The van der Waals surface area contributed by atoms with Crippen molar-refractivity contribution in [2.24, 2.45) is 0 Å². The van der Waals surface area contributed by atoms with Crippen molar-refractivity contribution in [1.29, 1.82) is 0 Å². The van der Waals surface area contributed by atoms with Crippen LogP contribution < -0.4 is 16.0 Å². The zero-order chi connectivity index (χ0) is 31.0. The number of aromatic nitrogens is 3. The molecule has 3 aromatic carbocycles. The molecule has 4 N–H and O–H groups in total. The molecule has 10 nitrogen and oxygen atoms in total. The van der Waals surface area contributed by atoms with Gasteiger partial charge >= 0.3 is 6.09 Å². The first-order valence-electron chi connectivity index (χ1n) is 15.1. The number of fused-ring (bicyclic) bond motifs is 1. The van der Waals surface area contributed by atoms with Crippen molar-refractivity contribution >= 4 is 28.7 Å². The Morgan fingerprint density at radius 1 is 0.978 bits per heavy atom. The Balaban J connectivity index is 1.14. The van der Waals surface area contributed by atoms with Crippen molar-refractivity contribution in [1.82, 2.24) is 25.6 Å². The van der Waals surface area contributed by atoms with Crippen LogP contribution in [0.1, 0.15) is 40.9 Å². The number of hydrogen-bond donors (Lipinski definition) is 4. The number of anilines is 1. The number of carbonyl (C=O) groups excluding carboxylic acids is 2. The molecular weight excluding hydrogens is 568 g/mol. The van der Waals surface area contributed by atoms with Gasteiger partial charge in [0.1, 0.15) is 11.9 Å². The molecule has 6 rings (SSSR count). The summed E-state index contributed by atoms with van der Waals surface area (Å²) in [5, 5.41) is 9.46. The van der Waals surface area contributed by atoms with E-state index in [9.17, 15) is 9.59 Å². The third-order valence-corrected chi connectivity index (χ3v) is 8.13. The van der Waals surface area contributed by atoms with E-state index in [2.05, 4.69) is 30.9 Å². The van der Waals surface area contributed by atoms with E-state index in [0.717, 1.165) is 40.0 Å². The lowest BCUT2D eigenvalue weighted by Gasteiger charge is -2.30. The minimum absolute atomic E-state index is 0.00494. The highest BCUT2D eigenvalue weighted by Gasteiger charge is 2.33. The molecule has 5 aromatic rings. The highest BCUT2D eigenvalue weighted by Crippen LogP contribution is 2.30. The molecule has 3 atom stereocenters. The lowest BCUT2D eigenvalue weighted by molar-refractivity contribution is -0.118. The fourth-order valence-electron chi connectivity index (χ4n) is 5.80. The van der Waals surface area contributed by atoms with Gasteiger partial charge in [-0.2, -0.15) is 0 Å². The molecule has 10 heteroatoms. The van der Waals surface area contributed by atoms with Gasteiger partial charge in [0.15, 0.2) is 0 Å². The van der Waals surface area contributed by atoms with Crippen LogP contribution in [0, 0.1) is 0 Å². The van der Waals surface area contributed by atoms with Crippen molar-refractivity contribution in [3.63, 3.8) is 0 Å². The number of aryl methyl sites for hydroxylation is 1. The minimum Gasteiger partial charge on any atom is -0.453 e. The third-order valence-electron chi connectivity index (χ3n) is 8.13. The van der Waals surface area contributed by atoms with E-state index in [4.69, 9.17) is 9.47 Å². The second-order valence-electron chi connectivity index (χ2n) is 11.0. The topological polar surface area (TPSA) is 130 Å². The number of ether oxygens (including phenoxy) is 2. The number of aromatic amines is 1. The number of H-pyrrole nitrogens is 1. The van der Waals surface area contributed by atoms with Crippen LogP contribution >= 0.6 is 0 Å². The standard InChI is InChI=1S/C35H36N6O4/c1-44-35(43)41-32(31(24-11-4-2-5-12-24)25-13-6-3-7-14-25)34(42)40-27-15-9-8-10-23(27)16-17-26-20-37-30(22-45-26)33-38-28-18-19-36-21-29(28)39-33/h2-15,18-19,21,26,30-32,37H,16-17,20,22H2,1H3,(H,38,39)(H,40,42)(H,41,43)/t26-,30+,32+/m1/s1. The van der Waals surface area contributed by atoms with Gasteiger partial charge in [-0.15, -0.1) is 0 Å². The number of morpholine rings is 1. The van der Waals surface area contributed by atoms with Crippen LogP contribution in [0.4, 0.5) is 10.5 Å². The summed E-state index contributed by atoms with van der Waals surface area (Å²) in [6, 6.07) is 28.0. The zero-order valence-corrected chi connectivity index (χ0v) is 25.0. The van der Waals surface area contributed by atoms with Crippen LogP contribution in [0.5, 0.6) is 0 Å². The molecule has 45 heavy (non-hydrogen) atoms. The maximum absolute atomic E-state index is 14.0. The summed E-state index contributed by atoms with van der Waals surface area (Å²) in [6.07, 6.45) is 4.28. The molecule has 1 saturated heterocycles. The Labute approximate surface area is 261 Å². The van der Waals surface area contributed by atoms with Gasteiger partial charge in [-0.3, -0.25) is 9.78 Å². The number of amides is 2. The van der Waals surface area contributed by atoms with Gasteiger partial charge in [0.2, 0.25) is 5.91 Å². The molecule has 3 heterocycles. The van der Waals surface area contributed by atoms with Gasteiger partial charge in [-0.05, 0) is 41.7 Å². The van der Waals surface area contributed by atoms with E-state index in [0.29, 0.717) is 25.3 Å². The smallest absolute Gasteiger partial charge is 0.407 e. The van der Waals surface area contributed by atoms with Crippen LogP contribution in [-0.4, -0.2) is 59.4 Å². The van der Waals surface area contributed by atoms with E-state index in [1.54, 1.807) is 12.4 Å². The lowest BCUT2D eigenvalue weighted by Crippen LogP contribution is -2.48. The van der Waals surface area contributed by atoms with Gasteiger partial charge < -0.3 is 30.4 Å². The van der Waals surface area contributed by atoms with Gasteiger partial charge in [-0.25, -0.2) is 9.78 Å². The quantitative estimate of drug-likeness (QED) is 0.174. The average Bonchev–Trinajstić information content (AvgIpc) is 3.53. The number of imidazole rings is 1. The summed E-state index contributed by atoms with van der Waals surface area (Å²) < 4.78 is 11.1. The number of benzene rings is 3. The van der Waals surface area contributed by atoms with Crippen LogP contribution in [0.15, 0.2) is 103 Å². The highest BCUT2D eigenvalue weighted by atomic mass is 16.5. The number of hydrogen-bond acceptors (Lipinski definition) is 7. The molecule has 2 amide bonds. The molecule has 1 fully saturated rings. The third kappa shape index (κ3) is 7.19. The first kappa shape index (κ1) is 30.0. The number of carbonyl (C=O) groups is 2. The Bertz CT molecular complexity index is 1650. The van der Waals surface area contributed by atoms with Crippen molar-refractivity contribution < 1.29 is 19.1 Å². The van der Waals surface area contributed by atoms with Crippen molar-refractivity contribution in [2.75, 3.05) is 25.6 Å². The Kier molecular flexibility index (Phi) is 9.43. The number of rotatable bonds is 10. The summed E-state index contributed by atoms with van der Waals surface area (Å²) in [7, 11) is 1.29. The van der Waals surface area contributed by atoms with Gasteiger partial charge in [0.05, 0.1) is 43.1 Å². The van der Waals surface area contributed by atoms with E-state index in [1.165, 1.54) is 7.11 Å².